The number of nitrogens with zero attached hydrogens (tertiary/aromatic N) is 3. The summed E-state index contributed by atoms with van der Waals surface area (Å²) in [6.45, 7) is 0.418. The van der Waals surface area contributed by atoms with Gasteiger partial charge in [0.15, 0.2) is 5.17 Å². The van der Waals surface area contributed by atoms with Gasteiger partial charge in [-0.15, -0.1) is 0 Å². The lowest BCUT2D eigenvalue weighted by atomic mass is 9.85. The number of amides is 2. The molecule has 4 rings (SSSR count). The Labute approximate surface area is 164 Å². The van der Waals surface area contributed by atoms with Crippen LogP contribution >= 0.6 is 11.8 Å². The largest absolute Gasteiger partial charge is 0.465 e. The second-order valence-corrected chi connectivity index (χ2v) is 7.70. The van der Waals surface area contributed by atoms with E-state index in [2.05, 4.69) is 10.3 Å². The van der Waals surface area contributed by atoms with Gasteiger partial charge in [0.25, 0.3) is 5.91 Å². The first-order chi connectivity index (χ1) is 13.5. The van der Waals surface area contributed by atoms with Crippen LogP contribution in [0.15, 0.2) is 53.7 Å². The summed E-state index contributed by atoms with van der Waals surface area (Å²) in [5, 5.41) is 12.7. The SMILES string of the molecule is O=C(NC1=NC2(c3ccc(F)cn3)CN(C(=O)O)C[C@H]2CS1)c1ccccc1. The average molecular weight is 400 g/mol. The molecule has 2 aromatic rings. The molecule has 1 aromatic heterocycles. The van der Waals surface area contributed by atoms with Crippen LogP contribution in [0.25, 0.3) is 0 Å². The number of carboxylic acid groups (broad SMARTS) is 1. The van der Waals surface area contributed by atoms with Crippen LogP contribution in [0.2, 0.25) is 0 Å². The summed E-state index contributed by atoms with van der Waals surface area (Å²) in [5.41, 5.74) is 0.0475. The molecule has 2 aliphatic heterocycles. The molecule has 2 aliphatic rings. The number of hydrogen-bond acceptors (Lipinski definition) is 5. The first kappa shape index (κ1) is 18.4. The molecule has 1 fully saturated rings. The van der Waals surface area contributed by atoms with Crippen molar-refractivity contribution in [3.8, 4) is 0 Å². The molecule has 2 atom stereocenters. The molecule has 0 saturated carbocycles. The first-order valence-corrected chi connectivity index (χ1v) is 9.65. The third kappa shape index (κ3) is 3.33. The number of carbonyl (C=O) groups is 2. The number of nitrogens with one attached hydrogen (secondary N) is 1. The Bertz CT molecular complexity index is 938. The number of carbonyl (C=O) groups excluding carboxylic acids is 1. The number of likely N-dealkylation sites (tertiary alicyclic amines) is 1. The summed E-state index contributed by atoms with van der Waals surface area (Å²) in [6.07, 6.45) is 0.0651. The smallest absolute Gasteiger partial charge is 0.407 e. The molecule has 3 heterocycles. The molecular formula is C19H17FN4O3S. The molecule has 1 aromatic carbocycles. The number of aliphatic imine (C=N–C) groups is 1. The molecule has 2 amide bonds. The number of amidine groups is 1. The van der Waals surface area contributed by atoms with Gasteiger partial charge in [0.2, 0.25) is 0 Å². The summed E-state index contributed by atoms with van der Waals surface area (Å²) < 4.78 is 13.4. The molecular weight excluding hydrogens is 383 g/mol. The Morgan fingerprint density at radius 2 is 2.04 bits per heavy atom. The molecule has 0 aliphatic carbocycles. The Balaban J connectivity index is 1.69. The van der Waals surface area contributed by atoms with Crippen molar-refractivity contribution < 1.29 is 19.1 Å². The lowest BCUT2D eigenvalue weighted by Gasteiger charge is -2.34. The number of aromatic nitrogens is 1. The third-order valence-corrected chi connectivity index (χ3v) is 6.00. The zero-order valence-corrected chi connectivity index (χ0v) is 15.5. The van der Waals surface area contributed by atoms with Gasteiger partial charge in [-0.3, -0.25) is 9.78 Å². The van der Waals surface area contributed by atoms with Crippen LogP contribution < -0.4 is 5.32 Å². The monoisotopic (exact) mass is 400 g/mol. The predicted octanol–water partition coefficient (Wildman–Crippen LogP) is 2.56. The van der Waals surface area contributed by atoms with Crippen molar-refractivity contribution in [3.05, 3.63) is 65.7 Å². The highest BCUT2D eigenvalue weighted by molar-refractivity contribution is 8.13. The minimum Gasteiger partial charge on any atom is -0.465 e. The summed E-state index contributed by atoms with van der Waals surface area (Å²) >= 11 is 1.37. The molecule has 2 N–H and O–H groups in total. The van der Waals surface area contributed by atoms with E-state index in [1.807, 2.05) is 6.07 Å². The van der Waals surface area contributed by atoms with Crippen molar-refractivity contribution >= 4 is 28.9 Å². The van der Waals surface area contributed by atoms with Crippen LogP contribution in [0, 0.1) is 11.7 Å². The molecule has 1 saturated heterocycles. The molecule has 0 radical (unpaired) electrons. The minimum atomic E-state index is -1.04. The van der Waals surface area contributed by atoms with Crippen molar-refractivity contribution in [2.45, 2.75) is 5.54 Å². The highest BCUT2D eigenvalue weighted by atomic mass is 32.2. The van der Waals surface area contributed by atoms with Gasteiger partial charge in [0, 0.05) is 23.8 Å². The molecule has 28 heavy (non-hydrogen) atoms. The van der Waals surface area contributed by atoms with Crippen LogP contribution in [0.4, 0.5) is 9.18 Å². The van der Waals surface area contributed by atoms with Gasteiger partial charge in [0.05, 0.1) is 18.4 Å². The third-order valence-electron chi connectivity index (χ3n) is 4.97. The van der Waals surface area contributed by atoms with E-state index in [9.17, 15) is 19.1 Å². The lowest BCUT2D eigenvalue weighted by Crippen LogP contribution is -2.43. The molecule has 0 spiro atoms. The number of hydrogen-bond donors (Lipinski definition) is 2. The highest BCUT2D eigenvalue weighted by Gasteiger charge is 2.52. The number of halogens is 1. The van der Waals surface area contributed by atoms with Crippen molar-refractivity contribution in [2.24, 2.45) is 10.9 Å². The van der Waals surface area contributed by atoms with Gasteiger partial charge in [-0.05, 0) is 24.3 Å². The average Bonchev–Trinajstić information content (AvgIpc) is 3.09. The van der Waals surface area contributed by atoms with E-state index in [1.165, 1.54) is 28.8 Å². The minimum absolute atomic E-state index is 0.108. The van der Waals surface area contributed by atoms with E-state index in [-0.39, 0.29) is 18.4 Å². The second kappa shape index (κ2) is 7.23. The van der Waals surface area contributed by atoms with Gasteiger partial charge in [-0.25, -0.2) is 14.2 Å². The van der Waals surface area contributed by atoms with Crippen molar-refractivity contribution in [1.29, 1.82) is 0 Å². The quantitative estimate of drug-likeness (QED) is 0.808. The summed E-state index contributed by atoms with van der Waals surface area (Å²) in [7, 11) is 0. The van der Waals surface area contributed by atoms with E-state index in [0.717, 1.165) is 6.20 Å². The fourth-order valence-corrected chi connectivity index (χ4v) is 4.69. The number of fused-ring (bicyclic) bond motifs is 1. The van der Waals surface area contributed by atoms with Crippen molar-refractivity contribution in [1.82, 2.24) is 15.2 Å². The summed E-state index contributed by atoms with van der Waals surface area (Å²) in [5.74, 6) is -0.322. The molecule has 7 nitrogen and oxygen atoms in total. The zero-order chi connectivity index (χ0) is 19.7. The summed E-state index contributed by atoms with van der Waals surface area (Å²) in [4.78, 5) is 34.2. The van der Waals surface area contributed by atoms with Crippen LogP contribution in [0.3, 0.4) is 0 Å². The van der Waals surface area contributed by atoms with Crippen LogP contribution in [0.5, 0.6) is 0 Å². The molecule has 9 heteroatoms. The zero-order valence-electron chi connectivity index (χ0n) is 14.7. The fourth-order valence-electron chi connectivity index (χ4n) is 3.56. The second-order valence-electron chi connectivity index (χ2n) is 6.69. The van der Waals surface area contributed by atoms with Gasteiger partial charge < -0.3 is 15.3 Å². The Morgan fingerprint density at radius 3 is 2.71 bits per heavy atom. The normalized spacial score (nSPS) is 23.7. The van der Waals surface area contributed by atoms with Crippen molar-refractivity contribution in [2.75, 3.05) is 18.8 Å². The van der Waals surface area contributed by atoms with E-state index < -0.39 is 17.4 Å². The maximum atomic E-state index is 13.4. The van der Waals surface area contributed by atoms with Crippen LogP contribution in [-0.4, -0.2) is 51.0 Å². The Morgan fingerprint density at radius 1 is 1.25 bits per heavy atom. The van der Waals surface area contributed by atoms with E-state index in [1.54, 1.807) is 24.3 Å². The maximum absolute atomic E-state index is 13.4. The number of benzene rings is 1. The molecule has 1 unspecified atom stereocenters. The van der Waals surface area contributed by atoms with Crippen LogP contribution in [-0.2, 0) is 5.54 Å². The van der Waals surface area contributed by atoms with Gasteiger partial charge >= 0.3 is 6.09 Å². The number of thioether (sulfide) groups is 1. The summed E-state index contributed by atoms with van der Waals surface area (Å²) in [6, 6.07) is 11.6. The van der Waals surface area contributed by atoms with E-state index >= 15 is 0 Å². The maximum Gasteiger partial charge on any atom is 0.407 e. The number of rotatable bonds is 2. The van der Waals surface area contributed by atoms with E-state index in [4.69, 9.17) is 4.99 Å². The standard InChI is InChI=1S/C19H17FN4O3S/c20-14-6-7-15(21-8-14)19-11-24(18(26)27)9-13(19)10-28-17(23-19)22-16(25)12-4-2-1-3-5-12/h1-8,13H,9-11H2,(H,26,27)(H,22,23,25)/t13-,19?/m0/s1. The molecule has 144 valence electrons. The van der Waals surface area contributed by atoms with Crippen LogP contribution in [0.1, 0.15) is 16.1 Å². The highest BCUT2D eigenvalue weighted by Crippen LogP contribution is 2.44. The van der Waals surface area contributed by atoms with E-state index in [0.29, 0.717) is 28.7 Å². The topological polar surface area (TPSA) is 94.9 Å². The Kier molecular flexibility index (Phi) is 4.76. The van der Waals surface area contributed by atoms with Gasteiger partial charge in [-0.1, -0.05) is 30.0 Å². The predicted molar refractivity (Wildman–Crippen MR) is 103 cm³/mol. The van der Waals surface area contributed by atoms with Crippen molar-refractivity contribution in [3.63, 3.8) is 0 Å². The first-order valence-electron chi connectivity index (χ1n) is 8.67. The lowest BCUT2D eigenvalue weighted by molar-refractivity contribution is 0.0977. The van der Waals surface area contributed by atoms with Gasteiger partial charge in [0.1, 0.15) is 11.4 Å². The fraction of sp³-hybridized carbons (Fsp3) is 0.263. The molecule has 0 bridgehead atoms. The Hall–Kier alpha value is -2.94. The number of pyridine rings is 1. The van der Waals surface area contributed by atoms with Gasteiger partial charge in [-0.2, -0.15) is 0 Å².